The van der Waals surface area contributed by atoms with Crippen LogP contribution in [0.15, 0.2) is 41.3 Å². The van der Waals surface area contributed by atoms with Crippen molar-refractivity contribution in [2.24, 2.45) is 0 Å². The van der Waals surface area contributed by atoms with Crippen LogP contribution in [0, 0.1) is 6.92 Å². The van der Waals surface area contributed by atoms with Crippen molar-refractivity contribution in [1.29, 1.82) is 0 Å². The van der Waals surface area contributed by atoms with E-state index in [1.807, 2.05) is 19.1 Å². The number of carbonyl (C=O) groups is 1. The molecule has 0 aromatic carbocycles. The lowest BCUT2D eigenvalue weighted by atomic mass is 10.2. The van der Waals surface area contributed by atoms with Crippen molar-refractivity contribution < 1.29 is 4.79 Å². The molecule has 2 aromatic heterocycles. The number of amides is 1. The number of anilines is 1. The average molecular weight is 286 g/mol. The van der Waals surface area contributed by atoms with Gasteiger partial charge in [0.1, 0.15) is 5.82 Å². The molecule has 2 rings (SSSR count). The van der Waals surface area contributed by atoms with Crippen molar-refractivity contribution in [1.82, 2.24) is 14.9 Å². The van der Waals surface area contributed by atoms with Crippen LogP contribution in [0.25, 0.3) is 0 Å². The molecule has 0 aliphatic rings. The Morgan fingerprint density at radius 2 is 2.14 bits per heavy atom. The first-order valence-electron chi connectivity index (χ1n) is 6.70. The molecular formula is C15H18N4O2. The topological polar surface area (TPSA) is 90.0 Å². The third-order valence-corrected chi connectivity index (χ3v) is 3.23. The van der Waals surface area contributed by atoms with Crippen LogP contribution in [0.2, 0.25) is 0 Å². The SMILES string of the molecule is Cc1cccc(=O)n1CCC(=O)NCc1cccnc1N. The molecule has 6 nitrogen and oxygen atoms in total. The van der Waals surface area contributed by atoms with Gasteiger partial charge in [-0.3, -0.25) is 9.59 Å². The zero-order valence-corrected chi connectivity index (χ0v) is 11.9. The van der Waals surface area contributed by atoms with Gasteiger partial charge in [-0.15, -0.1) is 0 Å². The van der Waals surface area contributed by atoms with E-state index in [-0.39, 0.29) is 17.9 Å². The summed E-state index contributed by atoms with van der Waals surface area (Å²) in [6.45, 7) is 2.54. The van der Waals surface area contributed by atoms with E-state index < -0.39 is 0 Å². The van der Waals surface area contributed by atoms with E-state index in [1.165, 1.54) is 6.07 Å². The Bertz CT molecular complexity index is 694. The van der Waals surface area contributed by atoms with Gasteiger partial charge in [0.05, 0.1) is 0 Å². The zero-order chi connectivity index (χ0) is 15.2. The van der Waals surface area contributed by atoms with Gasteiger partial charge in [0.2, 0.25) is 5.91 Å². The maximum absolute atomic E-state index is 11.8. The molecule has 0 radical (unpaired) electrons. The van der Waals surface area contributed by atoms with Gasteiger partial charge in [0, 0.05) is 43.0 Å². The first-order valence-corrected chi connectivity index (χ1v) is 6.70. The molecule has 6 heteroatoms. The Hall–Kier alpha value is -2.63. The molecule has 2 heterocycles. The van der Waals surface area contributed by atoms with Crippen LogP contribution in [-0.2, 0) is 17.9 Å². The summed E-state index contributed by atoms with van der Waals surface area (Å²) in [5, 5.41) is 2.77. The van der Waals surface area contributed by atoms with Crippen LogP contribution in [0.3, 0.4) is 0 Å². The molecule has 0 atom stereocenters. The minimum absolute atomic E-state index is 0.0979. The Labute approximate surface area is 122 Å². The summed E-state index contributed by atoms with van der Waals surface area (Å²) in [6, 6.07) is 8.62. The average Bonchev–Trinajstić information content (AvgIpc) is 2.46. The molecule has 0 spiro atoms. The monoisotopic (exact) mass is 286 g/mol. The third-order valence-electron chi connectivity index (χ3n) is 3.23. The van der Waals surface area contributed by atoms with Crippen LogP contribution in [-0.4, -0.2) is 15.5 Å². The second kappa shape index (κ2) is 6.69. The van der Waals surface area contributed by atoms with Gasteiger partial charge in [-0.25, -0.2) is 4.98 Å². The highest BCUT2D eigenvalue weighted by Gasteiger charge is 2.06. The van der Waals surface area contributed by atoms with E-state index in [0.717, 1.165) is 11.3 Å². The number of nitrogens with one attached hydrogen (secondary N) is 1. The summed E-state index contributed by atoms with van der Waals surface area (Å²) in [4.78, 5) is 27.5. The highest BCUT2D eigenvalue weighted by Crippen LogP contribution is 2.06. The van der Waals surface area contributed by atoms with Crippen LogP contribution in [0.1, 0.15) is 17.7 Å². The maximum atomic E-state index is 11.8. The van der Waals surface area contributed by atoms with Crippen molar-refractivity contribution in [3.63, 3.8) is 0 Å². The Kier molecular flexibility index (Phi) is 4.71. The summed E-state index contributed by atoms with van der Waals surface area (Å²) in [7, 11) is 0. The van der Waals surface area contributed by atoms with Gasteiger partial charge in [0.15, 0.2) is 0 Å². The van der Waals surface area contributed by atoms with Crippen molar-refractivity contribution in [2.45, 2.75) is 26.4 Å². The van der Waals surface area contributed by atoms with E-state index in [4.69, 9.17) is 5.73 Å². The smallest absolute Gasteiger partial charge is 0.250 e. The van der Waals surface area contributed by atoms with Gasteiger partial charge < -0.3 is 15.6 Å². The van der Waals surface area contributed by atoms with Crippen LogP contribution in [0.5, 0.6) is 0 Å². The van der Waals surface area contributed by atoms with E-state index in [9.17, 15) is 9.59 Å². The number of rotatable bonds is 5. The molecule has 2 aromatic rings. The molecule has 1 amide bonds. The minimum atomic E-state index is -0.131. The lowest BCUT2D eigenvalue weighted by molar-refractivity contribution is -0.121. The maximum Gasteiger partial charge on any atom is 0.250 e. The molecule has 0 aliphatic heterocycles. The molecule has 110 valence electrons. The molecule has 0 saturated carbocycles. The number of hydrogen-bond acceptors (Lipinski definition) is 4. The first kappa shape index (κ1) is 14.8. The Balaban J connectivity index is 1.88. The number of carbonyl (C=O) groups excluding carboxylic acids is 1. The molecule has 21 heavy (non-hydrogen) atoms. The van der Waals surface area contributed by atoms with Gasteiger partial charge in [-0.1, -0.05) is 12.1 Å². The molecule has 0 aliphatic carbocycles. The van der Waals surface area contributed by atoms with Crippen LogP contribution in [0.4, 0.5) is 5.82 Å². The molecule has 0 unspecified atom stereocenters. The van der Waals surface area contributed by atoms with E-state index in [2.05, 4.69) is 10.3 Å². The summed E-state index contributed by atoms with van der Waals surface area (Å²) < 4.78 is 1.58. The fourth-order valence-electron chi connectivity index (χ4n) is 2.01. The van der Waals surface area contributed by atoms with Gasteiger partial charge in [-0.05, 0) is 19.1 Å². The third kappa shape index (κ3) is 3.92. The van der Waals surface area contributed by atoms with E-state index in [1.54, 1.807) is 22.9 Å². The van der Waals surface area contributed by atoms with Crippen molar-refractivity contribution in [2.75, 3.05) is 5.73 Å². The summed E-state index contributed by atoms with van der Waals surface area (Å²) in [5.74, 6) is 0.279. The second-order valence-electron chi connectivity index (χ2n) is 4.73. The van der Waals surface area contributed by atoms with Crippen molar-refractivity contribution in [3.8, 4) is 0 Å². The van der Waals surface area contributed by atoms with Crippen molar-refractivity contribution >= 4 is 11.7 Å². The number of hydrogen-bond donors (Lipinski definition) is 2. The lowest BCUT2D eigenvalue weighted by Gasteiger charge is -2.10. The fourth-order valence-corrected chi connectivity index (χ4v) is 2.01. The number of aromatic nitrogens is 2. The Morgan fingerprint density at radius 3 is 2.86 bits per heavy atom. The number of pyridine rings is 2. The Morgan fingerprint density at radius 1 is 1.33 bits per heavy atom. The first-order chi connectivity index (χ1) is 10.1. The van der Waals surface area contributed by atoms with Gasteiger partial charge in [0.25, 0.3) is 5.56 Å². The van der Waals surface area contributed by atoms with Gasteiger partial charge >= 0.3 is 0 Å². The second-order valence-corrected chi connectivity index (χ2v) is 4.73. The van der Waals surface area contributed by atoms with Crippen molar-refractivity contribution in [3.05, 3.63) is 58.1 Å². The highest BCUT2D eigenvalue weighted by atomic mass is 16.1. The van der Waals surface area contributed by atoms with E-state index >= 15 is 0 Å². The van der Waals surface area contributed by atoms with Crippen LogP contribution >= 0.6 is 0 Å². The minimum Gasteiger partial charge on any atom is -0.383 e. The highest BCUT2D eigenvalue weighted by molar-refractivity contribution is 5.75. The zero-order valence-electron chi connectivity index (χ0n) is 11.9. The standard InChI is InChI=1S/C15H18N4O2/c1-11-4-2-6-14(21)19(11)9-7-13(20)18-10-12-5-3-8-17-15(12)16/h2-6,8H,7,9-10H2,1H3,(H2,16,17)(H,18,20). The molecule has 3 N–H and O–H groups in total. The normalized spacial score (nSPS) is 10.3. The fraction of sp³-hybridized carbons (Fsp3) is 0.267. The lowest BCUT2D eigenvalue weighted by Crippen LogP contribution is -2.28. The summed E-state index contributed by atoms with van der Waals surface area (Å²) in [5.41, 5.74) is 7.22. The molecular weight excluding hydrogens is 268 g/mol. The molecule has 0 bridgehead atoms. The number of nitrogens with two attached hydrogens (primary N) is 1. The number of nitrogens with zero attached hydrogens (tertiary/aromatic N) is 2. The van der Waals surface area contributed by atoms with Crippen LogP contribution < -0.4 is 16.6 Å². The van der Waals surface area contributed by atoms with Gasteiger partial charge in [-0.2, -0.15) is 0 Å². The van der Waals surface area contributed by atoms with E-state index in [0.29, 0.717) is 18.9 Å². The quantitative estimate of drug-likeness (QED) is 0.852. The summed E-state index contributed by atoms with van der Waals surface area (Å²) >= 11 is 0. The largest absolute Gasteiger partial charge is 0.383 e. The predicted octanol–water partition coefficient (Wildman–Crippen LogP) is 0.840. The molecule has 0 saturated heterocycles. The number of nitrogen functional groups attached to an aromatic ring is 1. The summed E-state index contributed by atoms with van der Waals surface area (Å²) in [6.07, 6.45) is 1.84. The number of aryl methyl sites for hydroxylation is 1. The molecule has 0 fully saturated rings. The predicted molar refractivity (Wildman–Crippen MR) is 80.6 cm³/mol.